The highest BCUT2D eigenvalue weighted by Gasteiger charge is 1.74. The molecule has 0 heterocycles. The van der Waals surface area contributed by atoms with Gasteiger partial charge in [0.05, 0.1) is 0 Å². The largest absolute Gasteiger partial charge is 0.0888 e. The molecule has 0 aromatic rings. The average molecular weight is 101 g/mol. The van der Waals surface area contributed by atoms with Gasteiger partial charge in [-0.2, -0.15) is 0 Å². The Balaban J connectivity index is 3.22. The highest BCUT2D eigenvalue weighted by Crippen LogP contribution is 1.97. The van der Waals surface area contributed by atoms with E-state index in [4.69, 9.17) is 0 Å². The van der Waals surface area contributed by atoms with Gasteiger partial charge in [0.2, 0.25) is 0 Å². The summed E-state index contributed by atoms with van der Waals surface area (Å²) in [7, 11) is 0. The van der Waals surface area contributed by atoms with Crippen molar-refractivity contribution in [2.45, 2.75) is 20.3 Å². The van der Waals surface area contributed by atoms with E-state index in [0.717, 1.165) is 6.42 Å². The van der Waals surface area contributed by atoms with Crippen molar-refractivity contribution < 1.29 is 0 Å². The summed E-state index contributed by atoms with van der Waals surface area (Å²) in [5.41, 5.74) is 1.28. The van der Waals surface area contributed by atoms with Crippen molar-refractivity contribution in [2.75, 3.05) is 0 Å². The quantitative estimate of drug-likeness (QED) is 0.476. The molecule has 0 saturated heterocycles. The number of hydrogen-bond donors (Lipinski definition) is 0. The van der Waals surface area contributed by atoms with Crippen LogP contribution in [0.4, 0.5) is 0 Å². The van der Waals surface area contributed by atoms with E-state index in [1.165, 1.54) is 5.57 Å². The van der Waals surface area contributed by atoms with E-state index in [1.807, 2.05) is 6.92 Å². The molecule has 0 N–H and O–H groups in total. The standard InChI is InChI=1S/C5H9S/c1-3-5(2)4-6/h4H,3H2,1-2H3. The smallest absolute Gasteiger partial charge is 0.000261 e. The molecule has 0 aliphatic carbocycles. The minimum absolute atomic E-state index is 1.09. The number of allylic oxidation sites excluding steroid dienone is 1. The van der Waals surface area contributed by atoms with Gasteiger partial charge in [-0.15, -0.1) is 0 Å². The molecule has 0 spiro atoms. The molecule has 0 aromatic heterocycles. The molecule has 0 fully saturated rings. The Bertz CT molecular complexity index is 55.0. The zero-order chi connectivity index (χ0) is 4.99. The lowest BCUT2D eigenvalue weighted by molar-refractivity contribution is 1.11. The zero-order valence-electron chi connectivity index (χ0n) is 4.19. The van der Waals surface area contributed by atoms with Crippen LogP contribution in [-0.2, 0) is 0 Å². The minimum Gasteiger partial charge on any atom is -0.0888 e. The third-order valence-corrected chi connectivity index (χ3v) is 1.16. The molecule has 0 amide bonds. The minimum atomic E-state index is 1.09. The summed E-state index contributed by atoms with van der Waals surface area (Å²) in [6.07, 6.45) is 1.09. The van der Waals surface area contributed by atoms with Gasteiger partial charge < -0.3 is 0 Å². The fourth-order valence-corrected chi connectivity index (χ4v) is 0.250. The lowest BCUT2D eigenvalue weighted by Gasteiger charge is -1.83. The van der Waals surface area contributed by atoms with E-state index in [9.17, 15) is 0 Å². The Hall–Kier alpha value is -0.0400. The van der Waals surface area contributed by atoms with Crippen molar-refractivity contribution in [1.29, 1.82) is 0 Å². The molecule has 0 aliphatic rings. The lowest BCUT2D eigenvalue weighted by atomic mass is 10.3. The first-order chi connectivity index (χ1) is 2.81. The summed E-state index contributed by atoms with van der Waals surface area (Å²) in [5.74, 6) is 0. The van der Waals surface area contributed by atoms with Crippen LogP contribution in [0.15, 0.2) is 11.0 Å². The molecular weight excluding hydrogens is 92.1 g/mol. The molecule has 0 bridgehead atoms. The van der Waals surface area contributed by atoms with Crippen LogP contribution < -0.4 is 0 Å². The first-order valence-electron chi connectivity index (χ1n) is 2.09. The van der Waals surface area contributed by atoms with E-state index < -0.39 is 0 Å². The van der Waals surface area contributed by atoms with Crippen molar-refractivity contribution in [1.82, 2.24) is 0 Å². The Labute approximate surface area is 44.7 Å². The summed E-state index contributed by atoms with van der Waals surface area (Å²) in [6, 6.07) is 0. The first kappa shape index (κ1) is 5.96. The third kappa shape index (κ3) is 2.21. The molecule has 0 saturated carbocycles. The van der Waals surface area contributed by atoms with Crippen molar-refractivity contribution in [3.63, 3.8) is 0 Å². The molecule has 0 aromatic carbocycles. The Morgan fingerprint density at radius 2 is 2.33 bits per heavy atom. The Morgan fingerprint density at radius 1 is 1.83 bits per heavy atom. The summed E-state index contributed by atoms with van der Waals surface area (Å²) < 4.78 is 0. The molecule has 0 unspecified atom stereocenters. The number of hydrogen-bond acceptors (Lipinski definition) is 0. The predicted octanol–water partition coefficient (Wildman–Crippen LogP) is 2.50. The van der Waals surface area contributed by atoms with Crippen LogP contribution in [0.5, 0.6) is 0 Å². The average Bonchev–Trinajstić information content (AvgIpc) is 1.65. The lowest BCUT2D eigenvalue weighted by Crippen LogP contribution is -1.62. The van der Waals surface area contributed by atoms with E-state index in [1.54, 1.807) is 5.41 Å². The monoisotopic (exact) mass is 101 g/mol. The Morgan fingerprint density at radius 3 is 2.33 bits per heavy atom. The fraction of sp³-hybridized carbons (Fsp3) is 0.600. The summed E-state index contributed by atoms with van der Waals surface area (Å²) in [4.78, 5) is 0. The first-order valence-corrected chi connectivity index (χ1v) is 2.56. The van der Waals surface area contributed by atoms with Gasteiger partial charge in [0.25, 0.3) is 0 Å². The van der Waals surface area contributed by atoms with Gasteiger partial charge in [-0.1, -0.05) is 25.1 Å². The molecule has 0 rings (SSSR count). The van der Waals surface area contributed by atoms with E-state index in [2.05, 4.69) is 19.6 Å². The molecule has 1 radical (unpaired) electrons. The summed E-state index contributed by atoms with van der Waals surface area (Å²) in [6.45, 7) is 4.13. The van der Waals surface area contributed by atoms with Gasteiger partial charge in [0.1, 0.15) is 0 Å². The normalized spacial score (nSPS) is 12.0. The molecule has 0 nitrogen and oxygen atoms in total. The summed E-state index contributed by atoms with van der Waals surface area (Å²) in [5, 5.41) is 1.72. The van der Waals surface area contributed by atoms with Crippen molar-refractivity contribution in [2.24, 2.45) is 0 Å². The van der Waals surface area contributed by atoms with Crippen molar-refractivity contribution >= 4 is 12.6 Å². The van der Waals surface area contributed by atoms with Crippen LogP contribution in [-0.4, -0.2) is 0 Å². The molecule has 0 aliphatic heterocycles. The zero-order valence-corrected chi connectivity index (χ0v) is 5.01. The fourth-order valence-electron chi connectivity index (χ4n) is 0.0833. The van der Waals surface area contributed by atoms with Crippen molar-refractivity contribution in [3.8, 4) is 0 Å². The maximum Gasteiger partial charge on any atom is 0.000261 e. The highest BCUT2D eigenvalue weighted by molar-refractivity contribution is 7.83. The summed E-state index contributed by atoms with van der Waals surface area (Å²) >= 11 is 4.61. The maximum atomic E-state index is 4.61. The second kappa shape index (κ2) is 3.16. The van der Waals surface area contributed by atoms with Crippen LogP contribution in [0.25, 0.3) is 0 Å². The van der Waals surface area contributed by atoms with Crippen LogP contribution in [0, 0.1) is 0 Å². The topological polar surface area (TPSA) is 0 Å². The maximum absolute atomic E-state index is 4.61. The predicted molar refractivity (Wildman–Crippen MR) is 31.6 cm³/mol. The van der Waals surface area contributed by atoms with E-state index >= 15 is 0 Å². The Kier molecular flexibility index (Phi) is 3.14. The highest BCUT2D eigenvalue weighted by atomic mass is 32.1. The van der Waals surface area contributed by atoms with Gasteiger partial charge in [-0.3, -0.25) is 0 Å². The molecular formula is C5H9S. The SMILES string of the molecule is CCC(C)=C[S]. The van der Waals surface area contributed by atoms with Crippen LogP contribution in [0.1, 0.15) is 20.3 Å². The molecule has 35 valence electrons. The van der Waals surface area contributed by atoms with Gasteiger partial charge in [-0.25, -0.2) is 0 Å². The van der Waals surface area contributed by atoms with Gasteiger partial charge in [0, 0.05) is 5.41 Å². The third-order valence-electron chi connectivity index (χ3n) is 0.759. The van der Waals surface area contributed by atoms with Gasteiger partial charge >= 0.3 is 0 Å². The van der Waals surface area contributed by atoms with Crippen LogP contribution in [0.2, 0.25) is 0 Å². The van der Waals surface area contributed by atoms with Crippen LogP contribution in [0.3, 0.4) is 0 Å². The second-order valence-corrected chi connectivity index (χ2v) is 1.55. The van der Waals surface area contributed by atoms with Gasteiger partial charge in [0.15, 0.2) is 0 Å². The van der Waals surface area contributed by atoms with Crippen LogP contribution >= 0.6 is 12.6 Å². The van der Waals surface area contributed by atoms with Gasteiger partial charge in [-0.05, 0) is 13.3 Å². The number of rotatable bonds is 1. The molecule has 6 heavy (non-hydrogen) atoms. The second-order valence-electron chi connectivity index (χ2n) is 1.32. The van der Waals surface area contributed by atoms with Crippen molar-refractivity contribution in [3.05, 3.63) is 11.0 Å². The van der Waals surface area contributed by atoms with E-state index in [-0.39, 0.29) is 0 Å². The van der Waals surface area contributed by atoms with E-state index in [0.29, 0.717) is 0 Å². The molecule has 1 heteroatoms. The molecule has 0 atom stereocenters.